The molecule has 0 unspecified atom stereocenters. The van der Waals surface area contributed by atoms with E-state index in [4.69, 9.17) is 0 Å². The van der Waals surface area contributed by atoms with E-state index in [0.29, 0.717) is 6.42 Å². The molecular formula is C16H21NO3. The lowest BCUT2D eigenvalue weighted by Crippen LogP contribution is -2.52. The molecule has 1 amide bonds. The second-order valence-electron chi connectivity index (χ2n) is 5.74. The van der Waals surface area contributed by atoms with Crippen molar-refractivity contribution >= 4 is 11.9 Å². The Morgan fingerprint density at radius 3 is 2.55 bits per heavy atom. The van der Waals surface area contributed by atoms with Crippen molar-refractivity contribution in [2.45, 2.75) is 44.6 Å². The van der Waals surface area contributed by atoms with Gasteiger partial charge in [-0.2, -0.15) is 0 Å². The van der Waals surface area contributed by atoms with Crippen molar-refractivity contribution in [2.24, 2.45) is 5.92 Å². The Balaban J connectivity index is 1.98. The van der Waals surface area contributed by atoms with E-state index in [1.54, 1.807) is 6.92 Å². The van der Waals surface area contributed by atoms with Gasteiger partial charge in [0.05, 0.1) is 0 Å². The molecule has 0 saturated heterocycles. The lowest BCUT2D eigenvalue weighted by Gasteiger charge is -2.25. The van der Waals surface area contributed by atoms with Gasteiger partial charge in [-0.15, -0.1) is 0 Å². The number of carboxylic acids is 1. The zero-order valence-electron chi connectivity index (χ0n) is 11.9. The van der Waals surface area contributed by atoms with Gasteiger partial charge in [-0.3, -0.25) is 4.79 Å². The third kappa shape index (κ3) is 3.00. The lowest BCUT2D eigenvalue weighted by atomic mass is 9.96. The molecule has 4 heteroatoms. The van der Waals surface area contributed by atoms with Crippen molar-refractivity contribution in [2.75, 3.05) is 0 Å². The van der Waals surface area contributed by atoms with Gasteiger partial charge in [0.1, 0.15) is 5.54 Å². The minimum absolute atomic E-state index is 0.0899. The summed E-state index contributed by atoms with van der Waals surface area (Å²) in [5.41, 5.74) is -0.00415. The summed E-state index contributed by atoms with van der Waals surface area (Å²) < 4.78 is 0. The van der Waals surface area contributed by atoms with Crippen LogP contribution in [0.2, 0.25) is 0 Å². The highest BCUT2D eigenvalue weighted by atomic mass is 16.4. The first-order chi connectivity index (χ1) is 9.48. The standard InChI is InChI=1S/C16H21NO3/c1-3-9-16(2,15(19)20)17-14(18)13-10-12(13)11-7-5-4-6-8-11/h4-8,12-13H,3,9-10H2,1-2H3,(H,17,18)(H,19,20)/t12-,13+,16-/m0/s1. The number of carboxylic acid groups (broad SMARTS) is 1. The van der Waals surface area contributed by atoms with Gasteiger partial charge >= 0.3 is 5.97 Å². The van der Waals surface area contributed by atoms with E-state index in [9.17, 15) is 14.7 Å². The van der Waals surface area contributed by atoms with E-state index in [2.05, 4.69) is 5.32 Å². The topological polar surface area (TPSA) is 66.4 Å². The number of amides is 1. The van der Waals surface area contributed by atoms with Gasteiger partial charge in [-0.1, -0.05) is 43.7 Å². The average molecular weight is 275 g/mol. The minimum atomic E-state index is -1.16. The van der Waals surface area contributed by atoms with Crippen LogP contribution in [0.3, 0.4) is 0 Å². The van der Waals surface area contributed by atoms with Crippen molar-refractivity contribution in [3.05, 3.63) is 35.9 Å². The van der Waals surface area contributed by atoms with Gasteiger partial charge in [0, 0.05) is 5.92 Å². The first-order valence-corrected chi connectivity index (χ1v) is 7.08. The molecule has 2 rings (SSSR count). The Bertz CT molecular complexity index is 500. The number of hydrogen-bond donors (Lipinski definition) is 2. The van der Waals surface area contributed by atoms with E-state index in [1.807, 2.05) is 37.3 Å². The summed E-state index contributed by atoms with van der Waals surface area (Å²) in [6.07, 6.45) is 1.96. The molecule has 1 aromatic rings. The Hall–Kier alpha value is -1.84. The molecule has 20 heavy (non-hydrogen) atoms. The molecule has 0 aromatic heterocycles. The van der Waals surface area contributed by atoms with Crippen molar-refractivity contribution in [3.63, 3.8) is 0 Å². The fourth-order valence-corrected chi connectivity index (χ4v) is 2.64. The fraction of sp³-hybridized carbons (Fsp3) is 0.500. The lowest BCUT2D eigenvalue weighted by molar-refractivity contribution is -0.147. The van der Waals surface area contributed by atoms with E-state index in [-0.39, 0.29) is 17.7 Å². The summed E-state index contributed by atoms with van der Waals surface area (Å²) >= 11 is 0. The average Bonchev–Trinajstić information content (AvgIpc) is 3.20. The molecule has 1 fully saturated rings. The van der Waals surface area contributed by atoms with Crippen LogP contribution >= 0.6 is 0 Å². The third-order valence-corrected chi connectivity index (χ3v) is 3.98. The molecule has 2 N–H and O–H groups in total. The molecule has 0 spiro atoms. The molecule has 1 saturated carbocycles. The van der Waals surface area contributed by atoms with Crippen LogP contribution in [0, 0.1) is 5.92 Å². The predicted octanol–water partition coefficient (Wildman–Crippen LogP) is 2.55. The van der Waals surface area contributed by atoms with Crippen LogP contribution < -0.4 is 5.32 Å². The molecule has 3 atom stereocenters. The molecule has 4 nitrogen and oxygen atoms in total. The van der Waals surface area contributed by atoms with Crippen LogP contribution in [0.25, 0.3) is 0 Å². The fourth-order valence-electron chi connectivity index (χ4n) is 2.64. The number of rotatable bonds is 6. The largest absolute Gasteiger partial charge is 0.480 e. The summed E-state index contributed by atoms with van der Waals surface area (Å²) in [7, 11) is 0. The van der Waals surface area contributed by atoms with E-state index >= 15 is 0 Å². The number of benzene rings is 1. The number of nitrogens with one attached hydrogen (secondary N) is 1. The number of aliphatic carboxylic acids is 1. The summed E-state index contributed by atoms with van der Waals surface area (Å²) in [5, 5.41) is 12.0. The molecule has 108 valence electrons. The van der Waals surface area contributed by atoms with Crippen LogP contribution in [-0.2, 0) is 9.59 Å². The van der Waals surface area contributed by atoms with Gasteiger partial charge < -0.3 is 10.4 Å². The number of carbonyl (C=O) groups is 2. The molecule has 0 heterocycles. The smallest absolute Gasteiger partial charge is 0.329 e. The quantitative estimate of drug-likeness (QED) is 0.838. The van der Waals surface area contributed by atoms with Gasteiger partial charge in [-0.05, 0) is 31.2 Å². The highest BCUT2D eigenvalue weighted by Crippen LogP contribution is 2.47. The highest BCUT2D eigenvalue weighted by Gasteiger charge is 2.46. The molecular weight excluding hydrogens is 254 g/mol. The summed E-state index contributed by atoms with van der Waals surface area (Å²) in [6, 6.07) is 9.90. The Labute approximate surface area is 119 Å². The van der Waals surface area contributed by atoms with E-state index < -0.39 is 11.5 Å². The zero-order chi connectivity index (χ0) is 14.8. The maximum atomic E-state index is 12.2. The number of carbonyl (C=O) groups excluding carboxylic acids is 1. The maximum absolute atomic E-state index is 12.2. The van der Waals surface area contributed by atoms with Crippen molar-refractivity contribution in [1.82, 2.24) is 5.32 Å². The Morgan fingerprint density at radius 2 is 2.00 bits per heavy atom. The van der Waals surface area contributed by atoms with Crippen LogP contribution in [0.5, 0.6) is 0 Å². The first-order valence-electron chi connectivity index (χ1n) is 7.08. The van der Waals surface area contributed by atoms with Crippen molar-refractivity contribution in [1.29, 1.82) is 0 Å². The highest BCUT2D eigenvalue weighted by molar-refractivity contribution is 5.89. The van der Waals surface area contributed by atoms with Gasteiger partial charge in [0.2, 0.25) is 5.91 Å². The third-order valence-electron chi connectivity index (χ3n) is 3.98. The molecule has 1 aromatic carbocycles. The summed E-state index contributed by atoms with van der Waals surface area (Å²) in [6.45, 7) is 3.49. The second kappa shape index (κ2) is 5.65. The second-order valence-corrected chi connectivity index (χ2v) is 5.74. The minimum Gasteiger partial charge on any atom is -0.480 e. The molecule has 1 aliphatic rings. The molecule has 0 bridgehead atoms. The van der Waals surface area contributed by atoms with Crippen molar-refractivity contribution in [3.8, 4) is 0 Å². The molecule has 1 aliphatic carbocycles. The zero-order valence-corrected chi connectivity index (χ0v) is 11.9. The first kappa shape index (κ1) is 14.6. The Morgan fingerprint density at radius 1 is 1.35 bits per heavy atom. The molecule has 0 radical (unpaired) electrons. The van der Waals surface area contributed by atoms with Gasteiger partial charge in [-0.25, -0.2) is 4.79 Å². The van der Waals surface area contributed by atoms with Crippen LogP contribution in [-0.4, -0.2) is 22.5 Å². The van der Waals surface area contributed by atoms with Crippen LogP contribution in [0.15, 0.2) is 30.3 Å². The van der Waals surface area contributed by atoms with Gasteiger partial charge in [0.15, 0.2) is 0 Å². The normalized spacial score (nSPS) is 23.7. The SMILES string of the molecule is CCC[C@](C)(NC(=O)[C@@H]1C[C@H]1c1ccccc1)C(=O)O. The van der Waals surface area contributed by atoms with E-state index in [1.165, 1.54) is 0 Å². The summed E-state index contributed by atoms with van der Waals surface area (Å²) in [4.78, 5) is 23.5. The van der Waals surface area contributed by atoms with E-state index in [0.717, 1.165) is 18.4 Å². The maximum Gasteiger partial charge on any atom is 0.329 e. The van der Waals surface area contributed by atoms with Crippen LogP contribution in [0.4, 0.5) is 0 Å². The summed E-state index contributed by atoms with van der Waals surface area (Å²) in [5.74, 6) is -0.967. The molecule has 0 aliphatic heterocycles. The van der Waals surface area contributed by atoms with Crippen molar-refractivity contribution < 1.29 is 14.7 Å². The Kier molecular flexibility index (Phi) is 4.12. The predicted molar refractivity (Wildman–Crippen MR) is 76.4 cm³/mol. The monoisotopic (exact) mass is 275 g/mol. The number of hydrogen-bond acceptors (Lipinski definition) is 2. The van der Waals surface area contributed by atoms with Crippen LogP contribution in [0.1, 0.15) is 44.6 Å². The van der Waals surface area contributed by atoms with Gasteiger partial charge in [0.25, 0.3) is 0 Å².